The highest BCUT2D eigenvalue weighted by Gasteiger charge is 2.26. The molecule has 0 saturated carbocycles. The number of nitrogens with zero attached hydrogens (tertiary/aromatic N) is 3. The molecule has 1 aliphatic rings. The highest BCUT2D eigenvalue weighted by Crippen LogP contribution is 2.30. The predicted molar refractivity (Wildman–Crippen MR) is 125 cm³/mol. The normalized spacial score (nSPS) is 14.2. The Kier molecular flexibility index (Phi) is 6.54. The van der Waals surface area contributed by atoms with Crippen LogP contribution in [0.4, 0.5) is 11.5 Å². The maximum atomic E-state index is 12.8. The van der Waals surface area contributed by atoms with Crippen LogP contribution in [-0.4, -0.2) is 43.4 Å². The van der Waals surface area contributed by atoms with E-state index < -0.39 is 0 Å². The Morgan fingerprint density at radius 1 is 0.969 bits per heavy atom. The third-order valence-electron chi connectivity index (χ3n) is 5.85. The molecule has 166 valence electrons. The largest absolute Gasteiger partial charge is 0.497 e. The molecule has 1 aliphatic heterocycles. The van der Waals surface area contributed by atoms with Crippen LogP contribution in [-0.2, 0) is 4.79 Å². The van der Waals surface area contributed by atoms with Gasteiger partial charge < -0.3 is 19.7 Å². The number of nitrogens with one attached hydrogen (secondary N) is 1. The Morgan fingerprint density at radius 3 is 2.34 bits per heavy atom. The summed E-state index contributed by atoms with van der Waals surface area (Å²) in [5.41, 5.74) is 3.78. The predicted octanol–water partition coefficient (Wildman–Crippen LogP) is 4.32. The number of amides is 1. The fourth-order valence-corrected chi connectivity index (χ4v) is 3.88. The third-order valence-corrected chi connectivity index (χ3v) is 5.85. The van der Waals surface area contributed by atoms with Crippen molar-refractivity contribution in [3.05, 3.63) is 60.2 Å². The summed E-state index contributed by atoms with van der Waals surface area (Å²) in [6.07, 6.45) is 1.51. The van der Waals surface area contributed by atoms with Gasteiger partial charge in [-0.25, -0.2) is 0 Å². The lowest BCUT2D eigenvalue weighted by Crippen LogP contribution is -2.38. The molecule has 1 saturated heterocycles. The minimum atomic E-state index is -0.0575. The van der Waals surface area contributed by atoms with Gasteiger partial charge in [0.1, 0.15) is 11.5 Å². The molecule has 7 heteroatoms. The summed E-state index contributed by atoms with van der Waals surface area (Å²) in [5.74, 6) is 2.06. The average molecular weight is 433 g/mol. The molecule has 2 heterocycles. The van der Waals surface area contributed by atoms with Crippen LogP contribution >= 0.6 is 0 Å². The standard InChI is InChI=1S/C25H28N4O3/c1-17-4-6-18(7-5-17)21-10-11-24(28-27-21)29-14-12-19(13-15-29)25(30)26-22-9-8-20(31-2)16-23(22)32-3/h4-11,16,19H,12-15H2,1-3H3,(H,26,30). The number of rotatable bonds is 6. The second-order valence-corrected chi connectivity index (χ2v) is 7.96. The van der Waals surface area contributed by atoms with E-state index in [4.69, 9.17) is 9.47 Å². The summed E-state index contributed by atoms with van der Waals surface area (Å²) in [6, 6.07) is 17.6. The van der Waals surface area contributed by atoms with Gasteiger partial charge in [0.05, 0.1) is 25.6 Å². The summed E-state index contributed by atoms with van der Waals surface area (Å²) in [6.45, 7) is 3.59. The van der Waals surface area contributed by atoms with E-state index in [1.165, 1.54) is 5.56 Å². The van der Waals surface area contributed by atoms with Crippen molar-refractivity contribution in [2.75, 3.05) is 37.5 Å². The molecule has 2 aromatic carbocycles. The molecule has 0 bridgehead atoms. The first-order valence-electron chi connectivity index (χ1n) is 10.8. The molecule has 0 atom stereocenters. The third kappa shape index (κ3) is 4.82. The summed E-state index contributed by atoms with van der Waals surface area (Å²) in [7, 11) is 3.18. The van der Waals surface area contributed by atoms with Crippen molar-refractivity contribution in [2.24, 2.45) is 5.92 Å². The molecule has 0 aliphatic carbocycles. The smallest absolute Gasteiger partial charge is 0.227 e. The second-order valence-electron chi connectivity index (χ2n) is 7.96. The first-order chi connectivity index (χ1) is 15.6. The van der Waals surface area contributed by atoms with Crippen LogP contribution in [0.1, 0.15) is 18.4 Å². The van der Waals surface area contributed by atoms with Gasteiger partial charge in [0.15, 0.2) is 5.82 Å². The number of methoxy groups -OCH3 is 2. The first-order valence-corrected chi connectivity index (χ1v) is 10.8. The van der Waals surface area contributed by atoms with Gasteiger partial charge in [-0.05, 0) is 44.0 Å². The summed E-state index contributed by atoms with van der Waals surface area (Å²) in [4.78, 5) is 15.0. The number of carbonyl (C=O) groups is 1. The summed E-state index contributed by atoms with van der Waals surface area (Å²) < 4.78 is 10.6. The van der Waals surface area contributed by atoms with Crippen LogP contribution < -0.4 is 19.7 Å². The molecular formula is C25H28N4O3. The minimum Gasteiger partial charge on any atom is -0.497 e. The fourth-order valence-electron chi connectivity index (χ4n) is 3.88. The number of hydrogen-bond donors (Lipinski definition) is 1. The first kappa shape index (κ1) is 21.6. The number of anilines is 2. The molecule has 1 N–H and O–H groups in total. The molecule has 0 spiro atoms. The SMILES string of the molecule is COc1ccc(NC(=O)C2CCN(c3ccc(-c4ccc(C)cc4)nn3)CC2)c(OC)c1. The Balaban J connectivity index is 1.35. The van der Waals surface area contributed by atoms with Crippen molar-refractivity contribution in [1.82, 2.24) is 10.2 Å². The van der Waals surface area contributed by atoms with E-state index in [0.717, 1.165) is 43.0 Å². The maximum Gasteiger partial charge on any atom is 0.227 e. The van der Waals surface area contributed by atoms with Gasteiger partial charge in [0.25, 0.3) is 0 Å². The zero-order valence-electron chi connectivity index (χ0n) is 18.7. The van der Waals surface area contributed by atoms with Crippen LogP contribution in [0.15, 0.2) is 54.6 Å². The van der Waals surface area contributed by atoms with E-state index in [0.29, 0.717) is 17.2 Å². The van der Waals surface area contributed by atoms with Gasteiger partial charge >= 0.3 is 0 Å². The Hall–Kier alpha value is -3.61. The average Bonchev–Trinajstić information content (AvgIpc) is 2.85. The monoisotopic (exact) mass is 432 g/mol. The second kappa shape index (κ2) is 9.68. The molecular weight excluding hydrogens is 404 g/mol. The lowest BCUT2D eigenvalue weighted by atomic mass is 9.95. The van der Waals surface area contributed by atoms with Crippen LogP contribution in [0.2, 0.25) is 0 Å². The molecule has 1 aromatic heterocycles. The molecule has 3 aromatic rings. The number of benzene rings is 2. The number of hydrogen-bond acceptors (Lipinski definition) is 6. The fraction of sp³-hybridized carbons (Fsp3) is 0.320. The molecule has 1 fully saturated rings. The van der Waals surface area contributed by atoms with Gasteiger partial charge in [-0.3, -0.25) is 4.79 Å². The van der Waals surface area contributed by atoms with E-state index in [9.17, 15) is 4.79 Å². The van der Waals surface area contributed by atoms with Gasteiger partial charge in [-0.2, -0.15) is 0 Å². The van der Waals surface area contributed by atoms with Crippen molar-refractivity contribution in [3.63, 3.8) is 0 Å². The van der Waals surface area contributed by atoms with Crippen molar-refractivity contribution in [3.8, 4) is 22.8 Å². The highest BCUT2D eigenvalue weighted by atomic mass is 16.5. The van der Waals surface area contributed by atoms with Gasteiger partial charge in [-0.15, -0.1) is 10.2 Å². The highest BCUT2D eigenvalue weighted by molar-refractivity contribution is 5.94. The zero-order chi connectivity index (χ0) is 22.5. The van der Waals surface area contributed by atoms with Crippen LogP contribution in [0, 0.1) is 12.8 Å². The number of ether oxygens (including phenoxy) is 2. The molecule has 0 radical (unpaired) electrons. The van der Waals surface area contributed by atoms with Gasteiger partial charge in [0.2, 0.25) is 5.91 Å². The Labute approximate surface area is 188 Å². The van der Waals surface area contributed by atoms with Crippen LogP contribution in [0.3, 0.4) is 0 Å². The van der Waals surface area contributed by atoms with Crippen molar-refractivity contribution in [1.29, 1.82) is 0 Å². The van der Waals surface area contributed by atoms with E-state index in [1.807, 2.05) is 12.1 Å². The number of aryl methyl sites for hydroxylation is 1. The van der Waals surface area contributed by atoms with Gasteiger partial charge in [0, 0.05) is 30.6 Å². The lowest BCUT2D eigenvalue weighted by Gasteiger charge is -2.32. The summed E-state index contributed by atoms with van der Waals surface area (Å²) in [5, 5.41) is 11.8. The van der Waals surface area contributed by atoms with E-state index in [1.54, 1.807) is 32.4 Å². The maximum absolute atomic E-state index is 12.8. The molecule has 0 unspecified atom stereocenters. The van der Waals surface area contributed by atoms with E-state index >= 15 is 0 Å². The Bertz CT molecular complexity index is 1060. The molecule has 32 heavy (non-hydrogen) atoms. The van der Waals surface area contributed by atoms with Crippen molar-refractivity contribution < 1.29 is 14.3 Å². The Morgan fingerprint density at radius 2 is 1.72 bits per heavy atom. The molecule has 1 amide bonds. The number of piperidine rings is 1. The molecule has 4 rings (SSSR count). The summed E-state index contributed by atoms with van der Waals surface area (Å²) >= 11 is 0. The van der Waals surface area contributed by atoms with Gasteiger partial charge in [-0.1, -0.05) is 29.8 Å². The topological polar surface area (TPSA) is 76.6 Å². The lowest BCUT2D eigenvalue weighted by molar-refractivity contribution is -0.120. The van der Waals surface area contributed by atoms with Crippen molar-refractivity contribution in [2.45, 2.75) is 19.8 Å². The minimum absolute atomic E-state index is 0.00826. The van der Waals surface area contributed by atoms with Crippen LogP contribution in [0.25, 0.3) is 11.3 Å². The van der Waals surface area contributed by atoms with Crippen molar-refractivity contribution >= 4 is 17.4 Å². The zero-order valence-corrected chi connectivity index (χ0v) is 18.7. The van der Waals surface area contributed by atoms with E-state index in [2.05, 4.69) is 51.6 Å². The number of aromatic nitrogens is 2. The number of carbonyl (C=O) groups excluding carboxylic acids is 1. The molecule has 7 nitrogen and oxygen atoms in total. The van der Waals surface area contributed by atoms with Crippen LogP contribution in [0.5, 0.6) is 11.5 Å². The van der Waals surface area contributed by atoms with E-state index in [-0.39, 0.29) is 11.8 Å². The quantitative estimate of drug-likeness (QED) is 0.625.